The minimum atomic E-state index is -2.63. The molecule has 0 radical (unpaired) electrons. The molecule has 0 bridgehead atoms. The number of rotatable bonds is 9. The standard InChI is InChI=1S/C11H24O3SSi/c1-6-11(10(5)15)16(12-7-2,13-8-3)14-9-4/h11H,6-9H2,1-5H3. The van der Waals surface area contributed by atoms with Gasteiger partial charge in [-0.05, 0) is 39.0 Å². The number of hydrogen-bond donors (Lipinski definition) is 0. The summed E-state index contributed by atoms with van der Waals surface area (Å²) in [6, 6.07) is 0. The van der Waals surface area contributed by atoms with Crippen molar-refractivity contribution >= 4 is 25.9 Å². The van der Waals surface area contributed by atoms with Gasteiger partial charge in [0.25, 0.3) is 0 Å². The van der Waals surface area contributed by atoms with Crippen LogP contribution in [0.5, 0.6) is 0 Å². The van der Waals surface area contributed by atoms with Crippen molar-refractivity contribution in [2.24, 2.45) is 0 Å². The third-order valence-corrected chi connectivity index (χ3v) is 6.62. The average Bonchev–Trinajstić information content (AvgIpc) is 2.19. The predicted octanol–water partition coefficient (Wildman–Crippen LogP) is 3.20. The molecule has 0 heterocycles. The molecule has 0 saturated heterocycles. The van der Waals surface area contributed by atoms with Crippen LogP contribution >= 0.6 is 12.2 Å². The van der Waals surface area contributed by atoms with Crippen LogP contribution < -0.4 is 0 Å². The van der Waals surface area contributed by atoms with E-state index in [-0.39, 0.29) is 5.54 Å². The third-order valence-electron chi connectivity index (χ3n) is 2.36. The first-order valence-electron chi connectivity index (χ1n) is 6.00. The van der Waals surface area contributed by atoms with E-state index in [0.717, 1.165) is 11.3 Å². The molecule has 0 rings (SSSR count). The summed E-state index contributed by atoms with van der Waals surface area (Å²) in [6.07, 6.45) is 0.904. The second kappa shape index (κ2) is 8.30. The average molecular weight is 264 g/mol. The van der Waals surface area contributed by atoms with Gasteiger partial charge >= 0.3 is 8.80 Å². The molecule has 0 N–H and O–H groups in total. The second-order valence-corrected chi connectivity index (χ2v) is 6.89. The topological polar surface area (TPSA) is 27.7 Å². The van der Waals surface area contributed by atoms with Gasteiger partial charge in [0, 0.05) is 19.8 Å². The van der Waals surface area contributed by atoms with Crippen LogP contribution in [-0.4, -0.2) is 33.5 Å². The fraction of sp³-hybridized carbons (Fsp3) is 0.909. The zero-order valence-corrected chi connectivity index (χ0v) is 12.9. The van der Waals surface area contributed by atoms with E-state index >= 15 is 0 Å². The van der Waals surface area contributed by atoms with Crippen LogP contribution in [0.3, 0.4) is 0 Å². The maximum Gasteiger partial charge on any atom is 0.509 e. The van der Waals surface area contributed by atoms with Gasteiger partial charge in [0.1, 0.15) is 0 Å². The molecule has 1 atom stereocenters. The molecule has 0 fully saturated rings. The van der Waals surface area contributed by atoms with Crippen molar-refractivity contribution in [2.75, 3.05) is 19.8 Å². The van der Waals surface area contributed by atoms with Crippen LogP contribution in [0.4, 0.5) is 0 Å². The monoisotopic (exact) mass is 264 g/mol. The minimum Gasteiger partial charge on any atom is -0.373 e. The first-order valence-corrected chi connectivity index (χ1v) is 8.21. The van der Waals surface area contributed by atoms with Crippen molar-refractivity contribution in [3.8, 4) is 0 Å². The highest BCUT2D eigenvalue weighted by Gasteiger charge is 2.49. The Balaban J connectivity index is 5.01. The van der Waals surface area contributed by atoms with Crippen LogP contribution in [0.15, 0.2) is 0 Å². The lowest BCUT2D eigenvalue weighted by Gasteiger charge is -2.34. The summed E-state index contributed by atoms with van der Waals surface area (Å²) in [5.41, 5.74) is 0.127. The van der Waals surface area contributed by atoms with Crippen LogP contribution in [0.1, 0.15) is 41.0 Å². The molecular formula is C11H24O3SSi. The Morgan fingerprint density at radius 3 is 1.56 bits per heavy atom. The summed E-state index contributed by atoms with van der Waals surface area (Å²) in [5, 5.41) is 0. The van der Waals surface area contributed by atoms with Gasteiger partial charge in [0.15, 0.2) is 0 Å². The van der Waals surface area contributed by atoms with Gasteiger partial charge < -0.3 is 13.3 Å². The SMILES string of the molecule is CCO[Si](OCC)(OCC)C(CC)C(C)=S. The summed E-state index contributed by atoms with van der Waals surface area (Å²) in [4.78, 5) is 0.921. The number of thiocarbonyl (C=S) groups is 1. The molecule has 0 aliphatic carbocycles. The van der Waals surface area contributed by atoms with Gasteiger partial charge in [-0.2, -0.15) is 0 Å². The van der Waals surface area contributed by atoms with Crippen LogP contribution in [-0.2, 0) is 13.3 Å². The van der Waals surface area contributed by atoms with Crippen molar-refractivity contribution in [3.63, 3.8) is 0 Å². The van der Waals surface area contributed by atoms with Crippen molar-refractivity contribution in [1.82, 2.24) is 0 Å². The Hall–Kier alpha value is 0.187. The highest BCUT2D eigenvalue weighted by Crippen LogP contribution is 2.30. The first kappa shape index (κ1) is 16.2. The molecule has 96 valence electrons. The smallest absolute Gasteiger partial charge is 0.373 e. The summed E-state index contributed by atoms with van der Waals surface area (Å²) in [7, 11) is -2.63. The first-order chi connectivity index (χ1) is 7.57. The summed E-state index contributed by atoms with van der Waals surface area (Å²) >= 11 is 5.30. The maximum atomic E-state index is 5.83. The molecule has 3 nitrogen and oxygen atoms in total. The molecule has 0 aromatic carbocycles. The predicted molar refractivity (Wildman–Crippen MR) is 72.9 cm³/mol. The molecule has 5 heteroatoms. The van der Waals surface area contributed by atoms with Crippen LogP contribution in [0.25, 0.3) is 0 Å². The Morgan fingerprint density at radius 2 is 1.38 bits per heavy atom. The molecule has 16 heavy (non-hydrogen) atoms. The molecule has 0 saturated carbocycles. The number of hydrogen-bond acceptors (Lipinski definition) is 4. The lowest BCUT2D eigenvalue weighted by molar-refractivity contribution is 0.0667. The van der Waals surface area contributed by atoms with E-state index in [4.69, 9.17) is 25.5 Å². The quantitative estimate of drug-likeness (QED) is 0.472. The van der Waals surface area contributed by atoms with E-state index in [9.17, 15) is 0 Å². The second-order valence-electron chi connectivity index (χ2n) is 3.47. The fourth-order valence-electron chi connectivity index (χ4n) is 1.82. The molecule has 0 aromatic rings. The third kappa shape index (κ3) is 4.22. The lowest BCUT2D eigenvalue weighted by atomic mass is 10.3. The van der Waals surface area contributed by atoms with Gasteiger partial charge in [-0.1, -0.05) is 19.1 Å². The molecule has 1 unspecified atom stereocenters. The van der Waals surface area contributed by atoms with E-state index in [1.807, 2.05) is 27.7 Å². The van der Waals surface area contributed by atoms with Gasteiger partial charge in [0.05, 0.1) is 5.54 Å². The minimum absolute atomic E-state index is 0.127. The highest BCUT2D eigenvalue weighted by atomic mass is 32.1. The van der Waals surface area contributed by atoms with Crippen molar-refractivity contribution in [3.05, 3.63) is 0 Å². The van der Waals surface area contributed by atoms with E-state index in [1.54, 1.807) is 0 Å². The summed E-state index contributed by atoms with van der Waals surface area (Å²) in [5.74, 6) is 0. The Labute approximate surface area is 106 Å². The van der Waals surface area contributed by atoms with Gasteiger partial charge in [-0.3, -0.25) is 0 Å². The van der Waals surface area contributed by atoms with E-state index < -0.39 is 8.80 Å². The van der Waals surface area contributed by atoms with Gasteiger partial charge in [-0.15, -0.1) is 0 Å². The van der Waals surface area contributed by atoms with E-state index in [2.05, 4.69) is 6.92 Å². The zero-order valence-electron chi connectivity index (χ0n) is 11.0. The van der Waals surface area contributed by atoms with Crippen molar-refractivity contribution < 1.29 is 13.3 Å². The summed E-state index contributed by atoms with van der Waals surface area (Å²) < 4.78 is 17.5. The molecule has 0 amide bonds. The molecule has 0 aromatic heterocycles. The molecule has 0 aliphatic rings. The van der Waals surface area contributed by atoms with Crippen molar-refractivity contribution in [1.29, 1.82) is 0 Å². The largest absolute Gasteiger partial charge is 0.509 e. The lowest BCUT2D eigenvalue weighted by Crippen LogP contribution is -2.52. The molecule has 0 spiro atoms. The fourth-order valence-corrected chi connectivity index (χ4v) is 5.47. The van der Waals surface area contributed by atoms with Crippen LogP contribution in [0.2, 0.25) is 5.54 Å². The van der Waals surface area contributed by atoms with Gasteiger partial charge in [-0.25, -0.2) is 0 Å². The van der Waals surface area contributed by atoms with E-state index in [0.29, 0.717) is 19.8 Å². The van der Waals surface area contributed by atoms with E-state index in [1.165, 1.54) is 0 Å². The Morgan fingerprint density at radius 1 is 1.00 bits per heavy atom. The normalized spacial score (nSPS) is 13.8. The zero-order chi connectivity index (χ0) is 12.6. The molecule has 0 aliphatic heterocycles. The highest BCUT2D eigenvalue weighted by molar-refractivity contribution is 7.80. The Kier molecular flexibility index (Phi) is 8.40. The maximum absolute atomic E-state index is 5.83. The van der Waals surface area contributed by atoms with Gasteiger partial charge in [0.2, 0.25) is 0 Å². The van der Waals surface area contributed by atoms with Crippen molar-refractivity contribution in [2.45, 2.75) is 46.6 Å². The van der Waals surface area contributed by atoms with Crippen LogP contribution in [0, 0.1) is 0 Å². The summed E-state index contributed by atoms with van der Waals surface area (Å²) in [6.45, 7) is 11.7. The molecular weight excluding hydrogens is 240 g/mol. The Bertz CT molecular complexity index is 194.